The molecule has 100 valence electrons. The van der Waals surface area contributed by atoms with E-state index in [1.54, 1.807) is 0 Å². The first kappa shape index (κ1) is 12.5. The average Bonchev–Trinajstić information content (AvgIpc) is 2.42. The third kappa shape index (κ3) is 2.45. The average molecular weight is 255 g/mol. The van der Waals surface area contributed by atoms with Crippen LogP contribution in [0.1, 0.15) is 25.7 Å². The standard InChI is InChI=1S/C17H21NO/c1-18-13-12-17(10-5-11-17)19-16-9-4-7-14-6-2-3-8-15(14)16/h2-4,6-9,18H,5,10-13H2,1H3. The predicted octanol–water partition coefficient (Wildman–Crippen LogP) is 3.75. The second-order valence-electron chi connectivity index (χ2n) is 5.47. The second kappa shape index (κ2) is 5.22. The molecule has 2 heteroatoms. The molecule has 2 aromatic rings. The van der Waals surface area contributed by atoms with Crippen molar-refractivity contribution in [1.29, 1.82) is 0 Å². The molecule has 1 saturated carbocycles. The highest BCUT2D eigenvalue weighted by molar-refractivity contribution is 5.88. The van der Waals surface area contributed by atoms with Gasteiger partial charge in [0.1, 0.15) is 11.4 Å². The first-order valence-electron chi connectivity index (χ1n) is 7.14. The van der Waals surface area contributed by atoms with Gasteiger partial charge in [-0.25, -0.2) is 0 Å². The van der Waals surface area contributed by atoms with E-state index in [9.17, 15) is 0 Å². The maximum absolute atomic E-state index is 6.41. The van der Waals surface area contributed by atoms with Gasteiger partial charge in [0.25, 0.3) is 0 Å². The van der Waals surface area contributed by atoms with E-state index in [4.69, 9.17) is 4.74 Å². The van der Waals surface area contributed by atoms with Gasteiger partial charge in [-0.3, -0.25) is 0 Å². The van der Waals surface area contributed by atoms with Crippen molar-refractivity contribution in [1.82, 2.24) is 5.32 Å². The van der Waals surface area contributed by atoms with Gasteiger partial charge in [0.15, 0.2) is 0 Å². The zero-order chi connectivity index (χ0) is 13.1. The predicted molar refractivity (Wildman–Crippen MR) is 79.7 cm³/mol. The molecule has 1 aliphatic rings. The summed E-state index contributed by atoms with van der Waals surface area (Å²) in [6.07, 6.45) is 4.73. The fourth-order valence-corrected chi connectivity index (χ4v) is 2.84. The summed E-state index contributed by atoms with van der Waals surface area (Å²) in [7, 11) is 2.00. The van der Waals surface area contributed by atoms with Crippen molar-refractivity contribution in [2.45, 2.75) is 31.3 Å². The van der Waals surface area contributed by atoms with E-state index >= 15 is 0 Å². The Labute approximate surface area is 114 Å². The second-order valence-corrected chi connectivity index (χ2v) is 5.47. The first-order chi connectivity index (χ1) is 9.33. The zero-order valence-corrected chi connectivity index (χ0v) is 11.5. The number of hydrogen-bond acceptors (Lipinski definition) is 2. The Kier molecular flexibility index (Phi) is 3.43. The van der Waals surface area contributed by atoms with E-state index in [1.165, 1.54) is 30.0 Å². The largest absolute Gasteiger partial charge is 0.487 e. The number of fused-ring (bicyclic) bond motifs is 1. The Morgan fingerprint density at radius 2 is 1.89 bits per heavy atom. The molecule has 1 fully saturated rings. The molecule has 0 aromatic heterocycles. The molecule has 0 heterocycles. The third-order valence-corrected chi connectivity index (χ3v) is 4.17. The van der Waals surface area contributed by atoms with Gasteiger partial charge in [0.2, 0.25) is 0 Å². The molecule has 0 bridgehead atoms. The highest BCUT2D eigenvalue weighted by atomic mass is 16.5. The Morgan fingerprint density at radius 3 is 2.63 bits per heavy atom. The van der Waals surface area contributed by atoms with E-state index in [0.717, 1.165) is 18.7 Å². The summed E-state index contributed by atoms with van der Waals surface area (Å²) >= 11 is 0. The van der Waals surface area contributed by atoms with Crippen molar-refractivity contribution < 1.29 is 4.74 Å². The van der Waals surface area contributed by atoms with Gasteiger partial charge in [-0.05, 0) is 50.7 Å². The van der Waals surface area contributed by atoms with E-state index in [0.29, 0.717) is 0 Å². The van der Waals surface area contributed by atoms with Crippen LogP contribution in [-0.2, 0) is 0 Å². The van der Waals surface area contributed by atoms with Crippen molar-refractivity contribution in [3.63, 3.8) is 0 Å². The lowest BCUT2D eigenvalue weighted by Gasteiger charge is -2.42. The normalized spacial score (nSPS) is 17.1. The van der Waals surface area contributed by atoms with Crippen LogP contribution in [-0.4, -0.2) is 19.2 Å². The molecule has 2 aromatic carbocycles. The number of nitrogens with one attached hydrogen (secondary N) is 1. The monoisotopic (exact) mass is 255 g/mol. The third-order valence-electron chi connectivity index (χ3n) is 4.17. The highest BCUT2D eigenvalue weighted by Crippen LogP contribution is 2.40. The minimum atomic E-state index is 0.0626. The van der Waals surface area contributed by atoms with Gasteiger partial charge in [-0.2, -0.15) is 0 Å². The summed E-state index contributed by atoms with van der Waals surface area (Å²) in [4.78, 5) is 0. The van der Waals surface area contributed by atoms with Crippen LogP contribution < -0.4 is 10.1 Å². The number of rotatable bonds is 5. The smallest absolute Gasteiger partial charge is 0.127 e. The minimum Gasteiger partial charge on any atom is -0.487 e. The Balaban J connectivity index is 1.88. The fourth-order valence-electron chi connectivity index (χ4n) is 2.84. The Bertz CT molecular complexity index is 555. The molecule has 1 N–H and O–H groups in total. The number of hydrogen-bond donors (Lipinski definition) is 1. The molecule has 0 unspecified atom stereocenters. The van der Waals surface area contributed by atoms with E-state index < -0.39 is 0 Å². The summed E-state index contributed by atoms with van der Waals surface area (Å²) in [5.74, 6) is 1.04. The molecule has 0 amide bonds. The van der Waals surface area contributed by atoms with Crippen LogP contribution in [0, 0.1) is 0 Å². The van der Waals surface area contributed by atoms with Crippen LogP contribution in [0.4, 0.5) is 0 Å². The summed E-state index contributed by atoms with van der Waals surface area (Å²) in [6.45, 7) is 1.02. The van der Waals surface area contributed by atoms with E-state index in [-0.39, 0.29) is 5.60 Å². The molecule has 3 rings (SSSR count). The van der Waals surface area contributed by atoms with E-state index in [1.807, 2.05) is 7.05 Å². The van der Waals surface area contributed by atoms with Crippen LogP contribution >= 0.6 is 0 Å². The molecular weight excluding hydrogens is 234 g/mol. The first-order valence-corrected chi connectivity index (χ1v) is 7.14. The minimum absolute atomic E-state index is 0.0626. The SMILES string of the molecule is CNCCC1(Oc2cccc3ccccc23)CCC1. The quantitative estimate of drug-likeness (QED) is 0.878. The molecular formula is C17H21NO. The Morgan fingerprint density at radius 1 is 1.11 bits per heavy atom. The summed E-state index contributed by atoms with van der Waals surface area (Å²) in [5.41, 5.74) is 0.0626. The molecule has 2 nitrogen and oxygen atoms in total. The van der Waals surface area contributed by atoms with Gasteiger partial charge in [0.05, 0.1) is 0 Å². The van der Waals surface area contributed by atoms with Crippen molar-refractivity contribution in [2.24, 2.45) is 0 Å². The summed E-state index contributed by atoms with van der Waals surface area (Å²) in [5, 5.41) is 5.71. The molecule has 0 radical (unpaired) electrons. The maximum atomic E-state index is 6.41. The highest BCUT2D eigenvalue weighted by Gasteiger charge is 2.38. The van der Waals surface area contributed by atoms with Crippen molar-refractivity contribution in [3.8, 4) is 5.75 Å². The molecule has 19 heavy (non-hydrogen) atoms. The molecule has 0 spiro atoms. The van der Waals surface area contributed by atoms with Crippen LogP contribution in [0.3, 0.4) is 0 Å². The fraction of sp³-hybridized carbons (Fsp3) is 0.412. The van der Waals surface area contributed by atoms with Crippen LogP contribution in [0.25, 0.3) is 10.8 Å². The maximum Gasteiger partial charge on any atom is 0.127 e. The van der Waals surface area contributed by atoms with Crippen molar-refractivity contribution in [3.05, 3.63) is 42.5 Å². The van der Waals surface area contributed by atoms with Gasteiger partial charge < -0.3 is 10.1 Å². The van der Waals surface area contributed by atoms with Crippen molar-refractivity contribution >= 4 is 10.8 Å². The summed E-state index contributed by atoms with van der Waals surface area (Å²) < 4.78 is 6.41. The van der Waals surface area contributed by atoms with Gasteiger partial charge in [-0.15, -0.1) is 0 Å². The van der Waals surface area contributed by atoms with Crippen LogP contribution in [0.2, 0.25) is 0 Å². The van der Waals surface area contributed by atoms with Crippen LogP contribution in [0.15, 0.2) is 42.5 Å². The summed E-state index contributed by atoms with van der Waals surface area (Å²) in [6, 6.07) is 14.8. The molecule has 0 atom stereocenters. The lowest BCUT2D eigenvalue weighted by atomic mass is 9.77. The van der Waals surface area contributed by atoms with E-state index in [2.05, 4.69) is 47.8 Å². The van der Waals surface area contributed by atoms with Crippen LogP contribution in [0.5, 0.6) is 5.75 Å². The van der Waals surface area contributed by atoms with Gasteiger partial charge in [-0.1, -0.05) is 36.4 Å². The lowest BCUT2D eigenvalue weighted by Crippen LogP contribution is -2.45. The zero-order valence-electron chi connectivity index (χ0n) is 11.5. The van der Waals surface area contributed by atoms with Gasteiger partial charge >= 0.3 is 0 Å². The molecule has 0 saturated heterocycles. The molecule has 0 aliphatic heterocycles. The number of ether oxygens (including phenoxy) is 1. The lowest BCUT2D eigenvalue weighted by molar-refractivity contribution is -0.0126. The Hall–Kier alpha value is -1.54. The number of benzene rings is 2. The molecule has 1 aliphatic carbocycles. The van der Waals surface area contributed by atoms with Gasteiger partial charge in [0, 0.05) is 5.39 Å². The van der Waals surface area contributed by atoms with Crippen molar-refractivity contribution in [2.75, 3.05) is 13.6 Å². The topological polar surface area (TPSA) is 21.3 Å².